The van der Waals surface area contributed by atoms with Crippen molar-refractivity contribution in [1.82, 2.24) is 0 Å². The summed E-state index contributed by atoms with van der Waals surface area (Å²) in [5.41, 5.74) is 2.82. The van der Waals surface area contributed by atoms with Crippen LogP contribution in [0.2, 0.25) is 0 Å². The third-order valence-corrected chi connectivity index (χ3v) is 5.61. The molecule has 2 rings (SSSR count). The van der Waals surface area contributed by atoms with Crippen molar-refractivity contribution in [2.75, 3.05) is 11.3 Å². The molecule has 0 aromatic heterocycles. The summed E-state index contributed by atoms with van der Waals surface area (Å²) >= 11 is 0. The molecule has 2 aromatic carbocycles. The van der Waals surface area contributed by atoms with Gasteiger partial charge in [0.25, 0.3) is 10.0 Å². The molecule has 0 spiro atoms. The smallest absolute Gasteiger partial charge is 0.265 e. The van der Waals surface area contributed by atoms with E-state index in [2.05, 4.69) is 18.6 Å². The first-order chi connectivity index (χ1) is 12.5. The van der Waals surface area contributed by atoms with E-state index in [1.54, 1.807) is 18.2 Å². The molecule has 0 aliphatic carbocycles. The Morgan fingerprint density at radius 2 is 1.62 bits per heavy atom. The number of rotatable bonds is 10. The number of benzene rings is 2. The molecular weight excluding hydrogens is 346 g/mol. The topological polar surface area (TPSA) is 55.4 Å². The standard InChI is InChI=1S/C21H29NO3S/c1-4-7-8-18-11-14-21(20(16-18)25-15-5-2)26(23,24)22-19-12-9-17(6-3)10-13-19/h9-14,16,22H,4-8,15H2,1-3H3. The second kappa shape index (κ2) is 9.62. The zero-order valence-electron chi connectivity index (χ0n) is 15.9. The molecule has 0 radical (unpaired) electrons. The Bertz CT molecular complexity index is 799. The molecule has 0 unspecified atom stereocenters. The van der Waals surface area contributed by atoms with E-state index in [0.717, 1.165) is 37.7 Å². The van der Waals surface area contributed by atoms with Gasteiger partial charge in [0.15, 0.2) is 0 Å². The minimum atomic E-state index is -3.71. The van der Waals surface area contributed by atoms with Crippen molar-refractivity contribution in [2.24, 2.45) is 0 Å². The molecule has 0 atom stereocenters. The molecule has 5 heteroatoms. The summed E-state index contributed by atoms with van der Waals surface area (Å²) in [5.74, 6) is 0.429. The normalized spacial score (nSPS) is 11.3. The van der Waals surface area contributed by atoms with E-state index in [1.165, 1.54) is 5.56 Å². The summed E-state index contributed by atoms with van der Waals surface area (Å²) in [5, 5.41) is 0. The molecule has 0 saturated heterocycles. The molecule has 0 fully saturated rings. The van der Waals surface area contributed by atoms with E-state index >= 15 is 0 Å². The zero-order valence-corrected chi connectivity index (χ0v) is 16.7. The van der Waals surface area contributed by atoms with E-state index in [9.17, 15) is 8.42 Å². The molecular formula is C21H29NO3S. The van der Waals surface area contributed by atoms with Crippen molar-refractivity contribution in [3.63, 3.8) is 0 Å². The first-order valence-corrected chi connectivity index (χ1v) is 10.9. The minimum absolute atomic E-state index is 0.186. The Morgan fingerprint density at radius 1 is 0.923 bits per heavy atom. The Kier molecular flexibility index (Phi) is 7.51. The van der Waals surface area contributed by atoms with Crippen LogP contribution < -0.4 is 9.46 Å². The van der Waals surface area contributed by atoms with Gasteiger partial charge < -0.3 is 4.74 Å². The lowest BCUT2D eigenvalue weighted by atomic mass is 10.1. The highest BCUT2D eigenvalue weighted by atomic mass is 32.2. The van der Waals surface area contributed by atoms with Gasteiger partial charge in [0.2, 0.25) is 0 Å². The fourth-order valence-electron chi connectivity index (χ4n) is 2.65. The van der Waals surface area contributed by atoms with Gasteiger partial charge in [0.05, 0.1) is 6.61 Å². The number of anilines is 1. The van der Waals surface area contributed by atoms with Gasteiger partial charge in [-0.05, 0) is 61.1 Å². The van der Waals surface area contributed by atoms with Crippen LogP contribution >= 0.6 is 0 Å². The summed E-state index contributed by atoms with van der Waals surface area (Å²) in [6.07, 6.45) is 4.83. The molecule has 4 nitrogen and oxygen atoms in total. The lowest BCUT2D eigenvalue weighted by Gasteiger charge is -2.15. The summed E-state index contributed by atoms with van der Waals surface area (Å²) in [6.45, 7) is 6.70. The van der Waals surface area contributed by atoms with Crippen LogP contribution in [0.25, 0.3) is 0 Å². The molecule has 0 heterocycles. The highest BCUT2D eigenvalue weighted by molar-refractivity contribution is 7.92. The largest absolute Gasteiger partial charge is 0.492 e. The van der Waals surface area contributed by atoms with E-state index in [1.807, 2.05) is 31.2 Å². The van der Waals surface area contributed by atoms with Crippen LogP contribution in [0.4, 0.5) is 5.69 Å². The van der Waals surface area contributed by atoms with Gasteiger partial charge in [0, 0.05) is 5.69 Å². The van der Waals surface area contributed by atoms with Crippen molar-refractivity contribution in [2.45, 2.75) is 57.8 Å². The van der Waals surface area contributed by atoms with Crippen molar-refractivity contribution < 1.29 is 13.2 Å². The van der Waals surface area contributed by atoms with Crippen LogP contribution in [0.3, 0.4) is 0 Å². The highest BCUT2D eigenvalue weighted by Gasteiger charge is 2.20. The molecule has 0 amide bonds. The molecule has 0 bridgehead atoms. The monoisotopic (exact) mass is 375 g/mol. The van der Waals surface area contributed by atoms with E-state index in [4.69, 9.17) is 4.74 Å². The second-order valence-corrected chi connectivity index (χ2v) is 8.04. The average Bonchev–Trinajstić information content (AvgIpc) is 2.65. The molecule has 1 N–H and O–H groups in total. The van der Waals surface area contributed by atoms with Crippen LogP contribution in [0.1, 0.15) is 51.2 Å². The summed E-state index contributed by atoms with van der Waals surface area (Å²) in [6, 6.07) is 12.8. The van der Waals surface area contributed by atoms with Crippen LogP contribution in [-0.2, 0) is 22.9 Å². The summed E-state index contributed by atoms with van der Waals surface area (Å²) in [4.78, 5) is 0.186. The maximum absolute atomic E-state index is 12.9. The second-order valence-electron chi connectivity index (χ2n) is 6.39. The highest BCUT2D eigenvalue weighted by Crippen LogP contribution is 2.28. The quantitative estimate of drug-likeness (QED) is 0.622. The van der Waals surface area contributed by atoms with E-state index in [0.29, 0.717) is 18.0 Å². The first-order valence-electron chi connectivity index (χ1n) is 9.37. The summed E-state index contributed by atoms with van der Waals surface area (Å²) in [7, 11) is -3.71. The SMILES string of the molecule is CCCCc1ccc(S(=O)(=O)Nc2ccc(CC)cc2)c(OCCC)c1. The molecule has 0 saturated carbocycles. The number of aryl methyl sites for hydroxylation is 2. The average molecular weight is 376 g/mol. The van der Waals surface area contributed by atoms with Gasteiger partial charge >= 0.3 is 0 Å². The number of ether oxygens (including phenoxy) is 1. The third kappa shape index (κ3) is 5.49. The first kappa shape index (κ1) is 20.3. The van der Waals surface area contributed by atoms with Crippen LogP contribution in [-0.4, -0.2) is 15.0 Å². The zero-order chi connectivity index (χ0) is 19.0. The van der Waals surface area contributed by atoms with Gasteiger partial charge in [-0.3, -0.25) is 4.72 Å². The molecule has 26 heavy (non-hydrogen) atoms. The predicted molar refractivity (Wildman–Crippen MR) is 107 cm³/mol. The van der Waals surface area contributed by atoms with Gasteiger partial charge in [-0.25, -0.2) is 8.42 Å². The molecule has 142 valence electrons. The third-order valence-electron chi connectivity index (χ3n) is 4.19. The maximum atomic E-state index is 12.9. The fourth-order valence-corrected chi connectivity index (χ4v) is 3.84. The van der Waals surface area contributed by atoms with Crippen LogP contribution in [0.5, 0.6) is 5.75 Å². The van der Waals surface area contributed by atoms with Gasteiger partial charge in [-0.1, -0.05) is 45.4 Å². The Morgan fingerprint density at radius 3 is 2.23 bits per heavy atom. The minimum Gasteiger partial charge on any atom is -0.492 e. The number of unbranched alkanes of at least 4 members (excludes halogenated alkanes) is 1. The Balaban J connectivity index is 2.29. The maximum Gasteiger partial charge on any atom is 0.265 e. The molecule has 0 aliphatic heterocycles. The number of nitrogens with one attached hydrogen (secondary N) is 1. The Hall–Kier alpha value is -2.01. The lowest BCUT2D eigenvalue weighted by Crippen LogP contribution is -2.15. The van der Waals surface area contributed by atoms with Crippen LogP contribution in [0, 0.1) is 0 Å². The van der Waals surface area contributed by atoms with Crippen LogP contribution in [0.15, 0.2) is 47.4 Å². The predicted octanol–water partition coefficient (Wildman–Crippen LogP) is 5.18. The lowest BCUT2D eigenvalue weighted by molar-refractivity contribution is 0.309. The van der Waals surface area contributed by atoms with Crippen molar-refractivity contribution >= 4 is 15.7 Å². The number of hydrogen-bond acceptors (Lipinski definition) is 3. The van der Waals surface area contributed by atoms with Crippen molar-refractivity contribution in [1.29, 1.82) is 0 Å². The van der Waals surface area contributed by atoms with E-state index in [-0.39, 0.29) is 4.90 Å². The van der Waals surface area contributed by atoms with Gasteiger partial charge in [-0.2, -0.15) is 0 Å². The summed E-state index contributed by atoms with van der Waals surface area (Å²) < 4.78 is 34.2. The van der Waals surface area contributed by atoms with E-state index < -0.39 is 10.0 Å². The molecule has 0 aliphatic rings. The van der Waals surface area contributed by atoms with Gasteiger partial charge in [-0.15, -0.1) is 0 Å². The number of sulfonamides is 1. The fraction of sp³-hybridized carbons (Fsp3) is 0.429. The number of hydrogen-bond donors (Lipinski definition) is 1. The van der Waals surface area contributed by atoms with Crippen molar-refractivity contribution in [3.8, 4) is 5.75 Å². The Labute approximate surface area is 157 Å². The van der Waals surface area contributed by atoms with Crippen molar-refractivity contribution in [3.05, 3.63) is 53.6 Å². The molecule has 2 aromatic rings. The van der Waals surface area contributed by atoms with Gasteiger partial charge in [0.1, 0.15) is 10.6 Å².